The van der Waals surface area contributed by atoms with Crippen LogP contribution in [-0.4, -0.2) is 29.9 Å². The van der Waals surface area contributed by atoms with Gasteiger partial charge in [0.1, 0.15) is 5.75 Å². The molecular formula is C18H26N2O3. The zero-order chi connectivity index (χ0) is 16.2. The molecule has 1 aromatic rings. The number of hydrogen-bond donors (Lipinski definition) is 3. The fourth-order valence-corrected chi connectivity index (χ4v) is 3.71. The Morgan fingerprint density at radius 2 is 2.09 bits per heavy atom. The second-order valence-electron chi connectivity index (χ2n) is 6.42. The van der Waals surface area contributed by atoms with Gasteiger partial charge in [-0.15, -0.1) is 0 Å². The van der Waals surface area contributed by atoms with Gasteiger partial charge in [-0.05, 0) is 49.8 Å². The lowest BCUT2D eigenvalue weighted by atomic mass is 9.93. The molecule has 0 saturated heterocycles. The number of hydrogen-bond acceptors (Lipinski definition) is 3. The number of ether oxygens (including phenoxy) is 1. The summed E-state index contributed by atoms with van der Waals surface area (Å²) in [5.41, 5.74) is 2.35. The molecule has 2 aliphatic rings. The maximum atomic E-state index is 12.3. The van der Waals surface area contributed by atoms with Gasteiger partial charge in [0.05, 0.1) is 24.8 Å². The van der Waals surface area contributed by atoms with Gasteiger partial charge in [-0.25, -0.2) is 4.79 Å². The van der Waals surface area contributed by atoms with Crippen molar-refractivity contribution < 1.29 is 14.6 Å². The first-order valence-corrected chi connectivity index (χ1v) is 8.68. The van der Waals surface area contributed by atoms with Crippen molar-refractivity contribution in [3.63, 3.8) is 0 Å². The van der Waals surface area contributed by atoms with Crippen LogP contribution in [0.1, 0.15) is 56.2 Å². The summed E-state index contributed by atoms with van der Waals surface area (Å²) in [6.07, 6.45) is 5.11. The first kappa shape index (κ1) is 16.1. The molecule has 1 fully saturated rings. The third kappa shape index (κ3) is 3.61. The number of amides is 2. The summed E-state index contributed by atoms with van der Waals surface area (Å²) in [6, 6.07) is 5.74. The van der Waals surface area contributed by atoms with Crippen LogP contribution in [0.2, 0.25) is 0 Å². The van der Waals surface area contributed by atoms with Crippen molar-refractivity contribution >= 4 is 6.03 Å². The van der Waals surface area contributed by atoms with Gasteiger partial charge < -0.3 is 20.5 Å². The molecule has 0 aliphatic heterocycles. The second kappa shape index (κ2) is 7.21. The summed E-state index contributed by atoms with van der Waals surface area (Å²) in [7, 11) is 0. The molecule has 0 radical (unpaired) electrons. The molecule has 0 aromatic heterocycles. The van der Waals surface area contributed by atoms with Gasteiger partial charge in [-0.2, -0.15) is 0 Å². The molecule has 1 aromatic carbocycles. The van der Waals surface area contributed by atoms with Crippen molar-refractivity contribution in [3.8, 4) is 5.75 Å². The largest absolute Gasteiger partial charge is 0.494 e. The van der Waals surface area contributed by atoms with Crippen LogP contribution < -0.4 is 15.4 Å². The Kier molecular flexibility index (Phi) is 5.06. The van der Waals surface area contributed by atoms with Crippen molar-refractivity contribution in [3.05, 3.63) is 29.3 Å². The minimum atomic E-state index is -0.421. The number of nitrogens with one attached hydrogen (secondary N) is 2. The highest BCUT2D eigenvalue weighted by atomic mass is 16.5. The van der Waals surface area contributed by atoms with Crippen LogP contribution in [-0.2, 0) is 6.42 Å². The van der Waals surface area contributed by atoms with Gasteiger partial charge in [0.25, 0.3) is 0 Å². The van der Waals surface area contributed by atoms with Crippen LogP contribution in [0.4, 0.5) is 4.79 Å². The monoisotopic (exact) mass is 318 g/mol. The second-order valence-corrected chi connectivity index (χ2v) is 6.42. The van der Waals surface area contributed by atoms with Crippen LogP contribution in [0.15, 0.2) is 18.2 Å². The summed E-state index contributed by atoms with van der Waals surface area (Å²) < 4.78 is 5.68. The molecule has 2 aliphatic carbocycles. The predicted molar refractivity (Wildman–Crippen MR) is 88.6 cm³/mol. The maximum absolute atomic E-state index is 12.3. The van der Waals surface area contributed by atoms with E-state index in [0.29, 0.717) is 6.61 Å². The number of fused-ring (bicyclic) bond motifs is 1. The normalized spacial score (nSPS) is 26.4. The SMILES string of the molecule is CCOc1cccc2c1CCC2NC(=O)NC1CCCCC1O. The molecular weight excluding hydrogens is 292 g/mol. The fraction of sp³-hybridized carbons (Fsp3) is 0.611. The molecule has 3 N–H and O–H groups in total. The Hall–Kier alpha value is -1.75. The van der Waals surface area contributed by atoms with E-state index in [1.165, 1.54) is 5.56 Å². The lowest BCUT2D eigenvalue weighted by Gasteiger charge is -2.29. The van der Waals surface area contributed by atoms with Gasteiger partial charge in [-0.1, -0.05) is 25.0 Å². The number of aliphatic hydroxyl groups excluding tert-OH is 1. The average molecular weight is 318 g/mol. The molecule has 2 amide bonds. The molecule has 3 rings (SSSR count). The number of benzene rings is 1. The van der Waals surface area contributed by atoms with E-state index >= 15 is 0 Å². The van der Waals surface area contributed by atoms with Gasteiger partial charge in [0.15, 0.2) is 0 Å². The third-order valence-electron chi connectivity index (χ3n) is 4.88. The Labute approximate surface area is 137 Å². The van der Waals surface area contributed by atoms with E-state index in [1.807, 2.05) is 19.1 Å². The molecule has 0 bridgehead atoms. The lowest BCUT2D eigenvalue weighted by Crippen LogP contribution is -2.49. The Morgan fingerprint density at radius 3 is 2.87 bits per heavy atom. The summed E-state index contributed by atoms with van der Waals surface area (Å²) in [6.45, 7) is 2.63. The molecule has 3 atom stereocenters. The fourth-order valence-electron chi connectivity index (χ4n) is 3.71. The zero-order valence-corrected chi connectivity index (χ0v) is 13.7. The average Bonchev–Trinajstić information content (AvgIpc) is 2.94. The van der Waals surface area contributed by atoms with Crippen molar-refractivity contribution in [2.24, 2.45) is 0 Å². The minimum absolute atomic E-state index is 0.0196. The van der Waals surface area contributed by atoms with Gasteiger partial charge >= 0.3 is 6.03 Å². The van der Waals surface area contributed by atoms with E-state index in [0.717, 1.165) is 49.8 Å². The molecule has 3 unspecified atom stereocenters. The van der Waals surface area contributed by atoms with E-state index in [4.69, 9.17) is 4.74 Å². The Morgan fingerprint density at radius 1 is 1.26 bits per heavy atom. The van der Waals surface area contributed by atoms with Crippen LogP contribution in [0.3, 0.4) is 0 Å². The first-order valence-electron chi connectivity index (χ1n) is 8.68. The number of aliphatic hydroxyl groups is 1. The van der Waals surface area contributed by atoms with Crippen LogP contribution >= 0.6 is 0 Å². The molecule has 5 heteroatoms. The molecule has 1 saturated carbocycles. The van der Waals surface area contributed by atoms with Gasteiger partial charge in [0, 0.05) is 0 Å². The van der Waals surface area contributed by atoms with Crippen molar-refractivity contribution in [1.82, 2.24) is 10.6 Å². The molecule has 0 heterocycles. The lowest BCUT2D eigenvalue weighted by molar-refractivity contribution is 0.0940. The predicted octanol–water partition coefficient (Wildman–Crippen LogP) is 2.68. The minimum Gasteiger partial charge on any atom is -0.494 e. The van der Waals surface area contributed by atoms with Gasteiger partial charge in [-0.3, -0.25) is 0 Å². The van der Waals surface area contributed by atoms with E-state index < -0.39 is 6.10 Å². The number of carbonyl (C=O) groups is 1. The quantitative estimate of drug-likeness (QED) is 0.799. The van der Waals surface area contributed by atoms with Gasteiger partial charge in [0.2, 0.25) is 0 Å². The summed E-state index contributed by atoms with van der Waals surface area (Å²) in [5.74, 6) is 0.928. The third-order valence-corrected chi connectivity index (χ3v) is 4.88. The van der Waals surface area contributed by atoms with E-state index in [1.54, 1.807) is 0 Å². The summed E-state index contributed by atoms with van der Waals surface area (Å²) >= 11 is 0. The van der Waals surface area contributed by atoms with Crippen LogP contribution in [0.5, 0.6) is 5.75 Å². The van der Waals surface area contributed by atoms with Crippen molar-refractivity contribution in [2.75, 3.05) is 6.61 Å². The van der Waals surface area contributed by atoms with Crippen LogP contribution in [0.25, 0.3) is 0 Å². The molecule has 126 valence electrons. The van der Waals surface area contributed by atoms with E-state index in [2.05, 4.69) is 16.7 Å². The first-order chi connectivity index (χ1) is 11.2. The van der Waals surface area contributed by atoms with E-state index in [9.17, 15) is 9.90 Å². The highest BCUT2D eigenvalue weighted by Gasteiger charge is 2.29. The number of carbonyl (C=O) groups excluding carboxylic acids is 1. The standard InChI is InChI=1S/C18H26N2O3/c1-2-23-17-9-5-6-12-13(17)10-11-14(12)19-18(22)20-15-7-3-4-8-16(15)21/h5-6,9,14-16,21H,2-4,7-8,10-11H2,1H3,(H2,19,20,22). The summed E-state index contributed by atoms with van der Waals surface area (Å²) in [4.78, 5) is 12.3. The van der Waals surface area contributed by atoms with Crippen molar-refractivity contribution in [1.29, 1.82) is 0 Å². The highest BCUT2D eigenvalue weighted by Crippen LogP contribution is 2.36. The van der Waals surface area contributed by atoms with Crippen LogP contribution in [0, 0.1) is 0 Å². The zero-order valence-electron chi connectivity index (χ0n) is 13.7. The Bertz CT molecular complexity index is 561. The molecule has 23 heavy (non-hydrogen) atoms. The topological polar surface area (TPSA) is 70.6 Å². The smallest absolute Gasteiger partial charge is 0.315 e. The van der Waals surface area contributed by atoms with Crippen molar-refractivity contribution in [2.45, 2.75) is 63.6 Å². The maximum Gasteiger partial charge on any atom is 0.315 e. The van der Waals surface area contributed by atoms with E-state index in [-0.39, 0.29) is 18.1 Å². The summed E-state index contributed by atoms with van der Waals surface area (Å²) in [5, 5.41) is 16.0. The molecule has 5 nitrogen and oxygen atoms in total. The Balaban J connectivity index is 1.62. The highest BCUT2D eigenvalue weighted by molar-refractivity contribution is 5.75. The number of urea groups is 1. The molecule has 0 spiro atoms. The number of rotatable bonds is 4.